The van der Waals surface area contributed by atoms with Crippen molar-refractivity contribution in [3.05, 3.63) is 53.8 Å². The SMILES string of the molecule is C/C=C\C=C(\N)C(C)NCc1ccc(OC)cc1. The van der Waals surface area contributed by atoms with Crippen LogP contribution in [0, 0.1) is 0 Å². The number of hydrogen-bond donors (Lipinski definition) is 2. The van der Waals surface area contributed by atoms with E-state index in [2.05, 4.69) is 12.2 Å². The van der Waals surface area contributed by atoms with Crippen molar-refractivity contribution in [1.29, 1.82) is 0 Å². The Morgan fingerprint density at radius 1 is 1.39 bits per heavy atom. The standard InChI is InChI=1S/C15H22N2O/c1-4-5-6-15(16)12(2)17-11-13-7-9-14(18-3)10-8-13/h4-10,12,17H,11,16H2,1-3H3/b5-4-,15-6+. The normalized spacial score (nSPS) is 13.8. The molecule has 0 saturated heterocycles. The molecule has 0 aliphatic carbocycles. The summed E-state index contributed by atoms with van der Waals surface area (Å²) < 4.78 is 5.12. The van der Waals surface area contributed by atoms with Crippen LogP contribution in [-0.2, 0) is 6.54 Å². The lowest BCUT2D eigenvalue weighted by Crippen LogP contribution is -2.30. The Morgan fingerprint density at radius 3 is 2.61 bits per heavy atom. The summed E-state index contributed by atoms with van der Waals surface area (Å²) in [4.78, 5) is 0. The van der Waals surface area contributed by atoms with Crippen molar-refractivity contribution in [2.24, 2.45) is 5.73 Å². The molecule has 0 heterocycles. The van der Waals surface area contributed by atoms with E-state index in [1.54, 1.807) is 7.11 Å². The zero-order chi connectivity index (χ0) is 13.4. The molecule has 1 unspecified atom stereocenters. The topological polar surface area (TPSA) is 47.3 Å². The van der Waals surface area contributed by atoms with Gasteiger partial charge in [0.2, 0.25) is 0 Å². The predicted octanol–water partition coefficient (Wildman–Crippen LogP) is 2.59. The molecule has 3 nitrogen and oxygen atoms in total. The lowest BCUT2D eigenvalue weighted by Gasteiger charge is -2.14. The van der Waals surface area contributed by atoms with Gasteiger partial charge in [0, 0.05) is 18.3 Å². The molecular formula is C15H22N2O. The van der Waals surface area contributed by atoms with Gasteiger partial charge in [-0.2, -0.15) is 0 Å². The molecule has 3 N–H and O–H groups in total. The Kier molecular flexibility index (Phi) is 6.01. The summed E-state index contributed by atoms with van der Waals surface area (Å²) in [6.07, 6.45) is 5.83. The Morgan fingerprint density at radius 2 is 2.06 bits per heavy atom. The summed E-state index contributed by atoms with van der Waals surface area (Å²) in [5.74, 6) is 0.874. The fraction of sp³-hybridized carbons (Fsp3) is 0.333. The smallest absolute Gasteiger partial charge is 0.118 e. The van der Waals surface area contributed by atoms with Crippen molar-refractivity contribution >= 4 is 0 Å². The summed E-state index contributed by atoms with van der Waals surface area (Å²) in [7, 11) is 1.67. The number of nitrogens with one attached hydrogen (secondary N) is 1. The molecule has 1 aromatic carbocycles. The summed E-state index contributed by atoms with van der Waals surface area (Å²) in [5, 5.41) is 3.38. The molecule has 0 saturated carbocycles. The number of benzene rings is 1. The maximum absolute atomic E-state index is 5.94. The first-order valence-electron chi connectivity index (χ1n) is 6.12. The van der Waals surface area contributed by atoms with E-state index >= 15 is 0 Å². The maximum Gasteiger partial charge on any atom is 0.118 e. The Labute approximate surface area is 109 Å². The highest BCUT2D eigenvalue weighted by atomic mass is 16.5. The van der Waals surface area contributed by atoms with Crippen LogP contribution in [0.4, 0.5) is 0 Å². The second-order valence-corrected chi connectivity index (χ2v) is 4.14. The van der Waals surface area contributed by atoms with Gasteiger partial charge in [0.25, 0.3) is 0 Å². The minimum atomic E-state index is 0.156. The molecule has 0 aromatic heterocycles. The number of nitrogens with two attached hydrogens (primary N) is 1. The van der Waals surface area contributed by atoms with Gasteiger partial charge in [0.15, 0.2) is 0 Å². The third kappa shape index (κ3) is 4.63. The van der Waals surface area contributed by atoms with Crippen LogP contribution in [0.25, 0.3) is 0 Å². The zero-order valence-corrected chi connectivity index (χ0v) is 11.3. The third-order valence-corrected chi connectivity index (χ3v) is 2.75. The van der Waals surface area contributed by atoms with Crippen molar-refractivity contribution in [2.75, 3.05) is 7.11 Å². The van der Waals surface area contributed by atoms with Gasteiger partial charge in [0.05, 0.1) is 7.11 Å². The fourth-order valence-corrected chi connectivity index (χ4v) is 1.48. The monoisotopic (exact) mass is 246 g/mol. The van der Waals surface area contributed by atoms with E-state index in [1.807, 2.05) is 49.4 Å². The summed E-state index contributed by atoms with van der Waals surface area (Å²) >= 11 is 0. The number of allylic oxidation sites excluding steroid dienone is 3. The van der Waals surface area contributed by atoms with Gasteiger partial charge in [-0.1, -0.05) is 24.3 Å². The Hall–Kier alpha value is -1.74. The lowest BCUT2D eigenvalue weighted by atomic mass is 10.2. The van der Waals surface area contributed by atoms with E-state index in [0.29, 0.717) is 0 Å². The second-order valence-electron chi connectivity index (χ2n) is 4.14. The molecule has 98 valence electrons. The fourth-order valence-electron chi connectivity index (χ4n) is 1.48. The van der Waals surface area contributed by atoms with Gasteiger partial charge in [-0.25, -0.2) is 0 Å². The van der Waals surface area contributed by atoms with Crippen LogP contribution >= 0.6 is 0 Å². The van der Waals surface area contributed by atoms with Crippen LogP contribution in [0.15, 0.2) is 48.2 Å². The highest BCUT2D eigenvalue weighted by molar-refractivity contribution is 5.27. The van der Waals surface area contributed by atoms with Gasteiger partial charge in [-0.15, -0.1) is 0 Å². The van der Waals surface area contributed by atoms with Crippen LogP contribution in [0.2, 0.25) is 0 Å². The van der Waals surface area contributed by atoms with Crippen molar-refractivity contribution < 1.29 is 4.74 Å². The highest BCUT2D eigenvalue weighted by Crippen LogP contribution is 2.11. The van der Waals surface area contributed by atoms with Gasteiger partial charge in [-0.05, 0) is 37.6 Å². The average molecular weight is 246 g/mol. The minimum Gasteiger partial charge on any atom is -0.497 e. The predicted molar refractivity (Wildman–Crippen MR) is 76.4 cm³/mol. The van der Waals surface area contributed by atoms with E-state index in [-0.39, 0.29) is 6.04 Å². The van der Waals surface area contributed by atoms with E-state index in [0.717, 1.165) is 18.0 Å². The first-order valence-corrected chi connectivity index (χ1v) is 6.12. The molecule has 0 amide bonds. The van der Waals surface area contributed by atoms with Crippen molar-refractivity contribution in [1.82, 2.24) is 5.32 Å². The summed E-state index contributed by atoms with van der Waals surface area (Å²) in [5.41, 5.74) is 7.98. The van der Waals surface area contributed by atoms with Gasteiger partial charge in [0.1, 0.15) is 5.75 Å². The average Bonchev–Trinajstić information content (AvgIpc) is 2.42. The number of ether oxygens (including phenoxy) is 1. The molecule has 1 rings (SSSR count). The summed E-state index contributed by atoms with van der Waals surface area (Å²) in [6, 6.07) is 8.17. The molecule has 0 aliphatic heterocycles. The van der Waals surface area contributed by atoms with Crippen molar-refractivity contribution in [3.63, 3.8) is 0 Å². The van der Waals surface area contributed by atoms with Gasteiger partial charge < -0.3 is 15.8 Å². The Bertz CT molecular complexity index is 407. The highest BCUT2D eigenvalue weighted by Gasteiger charge is 2.03. The molecule has 1 atom stereocenters. The molecule has 18 heavy (non-hydrogen) atoms. The number of rotatable bonds is 6. The molecule has 0 bridgehead atoms. The first kappa shape index (κ1) is 14.3. The van der Waals surface area contributed by atoms with Crippen LogP contribution < -0.4 is 15.8 Å². The third-order valence-electron chi connectivity index (χ3n) is 2.75. The summed E-state index contributed by atoms with van der Waals surface area (Å²) in [6.45, 7) is 4.81. The molecule has 3 heteroatoms. The lowest BCUT2D eigenvalue weighted by molar-refractivity contribution is 0.414. The first-order chi connectivity index (χ1) is 8.67. The van der Waals surface area contributed by atoms with E-state index in [9.17, 15) is 0 Å². The molecule has 0 spiro atoms. The molecule has 1 aromatic rings. The zero-order valence-electron chi connectivity index (χ0n) is 11.3. The maximum atomic E-state index is 5.94. The molecule has 0 aliphatic rings. The number of hydrogen-bond acceptors (Lipinski definition) is 3. The second kappa shape index (κ2) is 7.56. The van der Waals surface area contributed by atoms with E-state index in [4.69, 9.17) is 10.5 Å². The minimum absolute atomic E-state index is 0.156. The quantitative estimate of drug-likeness (QED) is 0.758. The Balaban J connectivity index is 2.48. The van der Waals surface area contributed by atoms with Crippen LogP contribution in [0.3, 0.4) is 0 Å². The van der Waals surface area contributed by atoms with Gasteiger partial charge in [-0.3, -0.25) is 0 Å². The van der Waals surface area contributed by atoms with Crippen LogP contribution in [0.1, 0.15) is 19.4 Å². The number of methoxy groups -OCH3 is 1. The molecule has 0 fully saturated rings. The van der Waals surface area contributed by atoms with Crippen molar-refractivity contribution in [3.8, 4) is 5.75 Å². The van der Waals surface area contributed by atoms with E-state index < -0.39 is 0 Å². The van der Waals surface area contributed by atoms with E-state index in [1.165, 1.54) is 5.56 Å². The largest absolute Gasteiger partial charge is 0.497 e. The molecular weight excluding hydrogens is 224 g/mol. The van der Waals surface area contributed by atoms with Crippen LogP contribution in [0.5, 0.6) is 5.75 Å². The van der Waals surface area contributed by atoms with Gasteiger partial charge >= 0.3 is 0 Å². The van der Waals surface area contributed by atoms with Crippen molar-refractivity contribution in [2.45, 2.75) is 26.4 Å². The van der Waals surface area contributed by atoms with Crippen LogP contribution in [-0.4, -0.2) is 13.2 Å². The molecule has 0 radical (unpaired) electrons.